The summed E-state index contributed by atoms with van der Waals surface area (Å²) < 4.78 is 90.8. The molecule has 14 heavy (non-hydrogen) atoms. The average molecular weight is 282 g/mol. The summed E-state index contributed by atoms with van der Waals surface area (Å²) in [5.74, 6) is -12.0. The minimum atomic E-state index is -6.44. The number of halogens is 8. The number of hydrogen-bond acceptors (Lipinski definition) is 0. The zero-order valence-electron chi connectivity index (χ0n) is 9.23. The number of alkyl halides is 8. The predicted molar refractivity (Wildman–Crippen MR) is 24.1 cm³/mol. The van der Waals surface area contributed by atoms with E-state index >= 15 is 0 Å². The van der Waals surface area contributed by atoms with Crippen LogP contribution in [0.2, 0.25) is 0 Å². The first-order chi connectivity index (χ1) is 5.06. The summed E-state index contributed by atoms with van der Waals surface area (Å²) in [5, 5.41) is 0. The molecule has 78 valence electrons. The van der Waals surface area contributed by atoms with Gasteiger partial charge in [0.25, 0.3) is 0 Å². The molecule has 0 radical (unpaired) electrons. The molecule has 0 nitrogen and oxygen atoms in total. The Kier molecular flexibility index (Phi) is 11.3. The van der Waals surface area contributed by atoms with Gasteiger partial charge in [0.15, 0.2) is 6.67 Å². The summed E-state index contributed by atoms with van der Waals surface area (Å²) in [4.78, 5) is 0. The summed E-state index contributed by atoms with van der Waals surface area (Å²) in [5.41, 5.74) is 0. The summed E-state index contributed by atoms with van der Waals surface area (Å²) in [6.07, 6.45) is -6.44. The zero-order valence-corrected chi connectivity index (χ0v) is 13.5. The molecule has 0 aliphatic carbocycles. The van der Waals surface area contributed by atoms with Crippen molar-refractivity contribution in [3.63, 3.8) is 0 Å². The van der Waals surface area contributed by atoms with Crippen LogP contribution in [0.15, 0.2) is 0 Å². The summed E-state index contributed by atoms with van der Waals surface area (Å²) in [6.45, 7) is -3.06. The topological polar surface area (TPSA) is 0 Å². The number of hydrogen-bond donors (Lipinski definition) is 0. The molecular formula is C4H4F8K2. The van der Waals surface area contributed by atoms with Gasteiger partial charge in [-0.15, -0.1) is 0 Å². The van der Waals surface area contributed by atoms with E-state index < -0.39 is 24.7 Å². The van der Waals surface area contributed by atoms with Crippen molar-refractivity contribution in [1.82, 2.24) is 0 Å². The summed E-state index contributed by atoms with van der Waals surface area (Å²) in [7, 11) is 0. The SMILES string of the molecule is FCC(F)(F)C(F)(F)C(F)(F)F.[H-].[H-].[K+].[K+]. The van der Waals surface area contributed by atoms with Crippen LogP contribution < -0.4 is 103 Å². The maximum Gasteiger partial charge on any atom is 1.00 e. The van der Waals surface area contributed by atoms with E-state index in [0.29, 0.717) is 0 Å². The molecule has 0 aliphatic rings. The van der Waals surface area contributed by atoms with Crippen molar-refractivity contribution in [2.45, 2.75) is 18.0 Å². The molecule has 0 unspecified atom stereocenters. The maximum absolute atomic E-state index is 11.6. The smallest absolute Gasteiger partial charge is 1.00 e. The van der Waals surface area contributed by atoms with Crippen molar-refractivity contribution < 1.29 is 141 Å². The normalized spacial score (nSPS) is 12.9. The molecule has 0 atom stereocenters. The van der Waals surface area contributed by atoms with Crippen LogP contribution in [0.4, 0.5) is 35.1 Å². The van der Waals surface area contributed by atoms with Crippen LogP contribution in [0.25, 0.3) is 0 Å². The predicted octanol–water partition coefficient (Wildman–Crippen LogP) is -2.98. The fraction of sp³-hybridized carbons (Fsp3) is 1.00. The molecule has 0 spiro atoms. The molecule has 0 rings (SSSR count). The van der Waals surface area contributed by atoms with E-state index in [-0.39, 0.29) is 106 Å². The summed E-state index contributed by atoms with van der Waals surface area (Å²) >= 11 is 0. The second-order valence-electron chi connectivity index (χ2n) is 1.91. The molecule has 0 N–H and O–H groups in total. The molecule has 0 saturated carbocycles. The second-order valence-corrected chi connectivity index (χ2v) is 1.91. The van der Waals surface area contributed by atoms with Crippen molar-refractivity contribution in [2.24, 2.45) is 0 Å². The van der Waals surface area contributed by atoms with Gasteiger partial charge in [-0.05, 0) is 0 Å². The third-order valence-electron chi connectivity index (χ3n) is 0.983. The van der Waals surface area contributed by atoms with Gasteiger partial charge in [0.1, 0.15) is 0 Å². The molecule has 0 aromatic carbocycles. The van der Waals surface area contributed by atoms with Gasteiger partial charge >= 0.3 is 121 Å². The van der Waals surface area contributed by atoms with E-state index in [1.54, 1.807) is 0 Å². The van der Waals surface area contributed by atoms with Crippen LogP contribution in [0, 0.1) is 0 Å². The van der Waals surface area contributed by atoms with E-state index in [4.69, 9.17) is 0 Å². The first kappa shape index (κ1) is 21.9. The van der Waals surface area contributed by atoms with Gasteiger partial charge in [0, 0.05) is 0 Å². The van der Waals surface area contributed by atoms with Crippen LogP contribution in [0.1, 0.15) is 2.85 Å². The molecule has 0 aliphatic heterocycles. The van der Waals surface area contributed by atoms with E-state index in [0.717, 1.165) is 0 Å². The van der Waals surface area contributed by atoms with E-state index in [9.17, 15) is 35.1 Å². The molecule has 10 heteroatoms. The van der Waals surface area contributed by atoms with Gasteiger partial charge < -0.3 is 2.85 Å². The van der Waals surface area contributed by atoms with Crippen LogP contribution in [0.3, 0.4) is 0 Å². The van der Waals surface area contributed by atoms with E-state index in [2.05, 4.69) is 0 Å². The van der Waals surface area contributed by atoms with Gasteiger partial charge in [-0.25, -0.2) is 4.39 Å². The Morgan fingerprint density at radius 1 is 0.786 bits per heavy atom. The third-order valence-corrected chi connectivity index (χ3v) is 0.983. The standard InChI is InChI=1S/C4H2F8.2K.2H/c5-1-2(6,7)3(8,9)4(10,11)12;;;;/h1H2;;;;/q;2*+1;2*-1. The Labute approximate surface area is 162 Å². The van der Waals surface area contributed by atoms with Gasteiger partial charge in [-0.2, -0.15) is 30.7 Å². The van der Waals surface area contributed by atoms with Gasteiger partial charge in [0.05, 0.1) is 0 Å². The van der Waals surface area contributed by atoms with Gasteiger partial charge in [0.2, 0.25) is 0 Å². The Hall–Kier alpha value is 2.71. The Balaban J connectivity index is -0.000000101. The van der Waals surface area contributed by atoms with Crippen molar-refractivity contribution in [3.05, 3.63) is 0 Å². The van der Waals surface area contributed by atoms with Gasteiger partial charge in [-0.1, -0.05) is 0 Å². The van der Waals surface area contributed by atoms with Gasteiger partial charge in [-0.3, -0.25) is 0 Å². The minimum Gasteiger partial charge on any atom is -1.00 e. The molecule has 0 aromatic heterocycles. The monoisotopic (exact) mass is 282 g/mol. The molecule has 0 amide bonds. The molecule has 0 heterocycles. The van der Waals surface area contributed by atoms with E-state index in [1.807, 2.05) is 0 Å². The molecular weight excluding hydrogens is 278 g/mol. The molecule has 0 fully saturated rings. The largest absolute Gasteiger partial charge is 1.00 e. The molecule has 0 bridgehead atoms. The molecule has 0 saturated heterocycles. The first-order valence-corrected chi connectivity index (χ1v) is 2.44. The average Bonchev–Trinajstić information content (AvgIpc) is 1.85. The fourth-order valence-electron chi connectivity index (χ4n) is 0.291. The zero-order chi connectivity index (χ0) is 10.2. The third kappa shape index (κ3) is 4.92. The van der Waals surface area contributed by atoms with Crippen molar-refractivity contribution >= 4 is 0 Å². The first-order valence-electron chi connectivity index (χ1n) is 2.44. The van der Waals surface area contributed by atoms with Crippen molar-refractivity contribution in [1.29, 1.82) is 0 Å². The minimum absolute atomic E-state index is 0. The number of rotatable bonds is 2. The fourth-order valence-corrected chi connectivity index (χ4v) is 0.291. The molecule has 0 aromatic rings. The maximum atomic E-state index is 11.6. The Bertz CT molecular complexity index is 172. The van der Waals surface area contributed by atoms with Crippen LogP contribution >= 0.6 is 0 Å². The summed E-state index contributed by atoms with van der Waals surface area (Å²) in [6, 6.07) is 0. The van der Waals surface area contributed by atoms with Crippen LogP contribution in [0.5, 0.6) is 0 Å². The van der Waals surface area contributed by atoms with Crippen LogP contribution in [-0.4, -0.2) is 24.7 Å². The van der Waals surface area contributed by atoms with Crippen molar-refractivity contribution in [3.8, 4) is 0 Å². The second kappa shape index (κ2) is 7.21. The van der Waals surface area contributed by atoms with E-state index in [1.165, 1.54) is 0 Å². The Morgan fingerprint density at radius 3 is 1.14 bits per heavy atom. The van der Waals surface area contributed by atoms with Crippen molar-refractivity contribution in [2.75, 3.05) is 6.67 Å². The quantitative estimate of drug-likeness (QED) is 0.375. The van der Waals surface area contributed by atoms with Crippen LogP contribution in [-0.2, 0) is 0 Å². The Morgan fingerprint density at radius 2 is 1.07 bits per heavy atom.